The third kappa shape index (κ3) is 5.69. The van der Waals surface area contributed by atoms with Gasteiger partial charge in [-0.25, -0.2) is 0 Å². The summed E-state index contributed by atoms with van der Waals surface area (Å²) in [5, 5.41) is 13.0. The summed E-state index contributed by atoms with van der Waals surface area (Å²) < 4.78 is 3.58. The molecule has 0 bridgehead atoms. The van der Waals surface area contributed by atoms with Crippen LogP contribution in [0.3, 0.4) is 0 Å². The Hall–Kier alpha value is -2.13. The predicted octanol–water partition coefficient (Wildman–Crippen LogP) is 7.46. The van der Waals surface area contributed by atoms with Crippen molar-refractivity contribution in [2.24, 2.45) is 0 Å². The topological polar surface area (TPSA) is 59.8 Å². The lowest BCUT2D eigenvalue weighted by atomic mass is 10.2. The number of nitrogens with one attached hydrogen (secondary N) is 1. The number of carbonyl (C=O) groups is 1. The molecule has 5 nitrogen and oxygen atoms in total. The third-order valence-electron chi connectivity index (χ3n) is 4.79. The fourth-order valence-electron chi connectivity index (χ4n) is 3.23. The number of halogens is 3. The number of aryl methyl sites for hydroxylation is 2. The molecule has 0 fully saturated rings. The fraction of sp³-hybridized carbons (Fsp3) is 0.125. The molecule has 0 aliphatic rings. The van der Waals surface area contributed by atoms with Crippen LogP contribution in [0.5, 0.6) is 0 Å². The van der Waals surface area contributed by atoms with E-state index in [1.54, 1.807) is 0 Å². The summed E-state index contributed by atoms with van der Waals surface area (Å²) >= 11 is 14.6. The summed E-state index contributed by atoms with van der Waals surface area (Å²) in [6, 6.07) is 19.5. The lowest BCUT2D eigenvalue weighted by Crippen LogP contribution is -2.15. The molecule has 9 heteroatoms. The Kier molecular flexibility index (Phi) is 7.58. The van der Waals surface area contributed by atoms with Gasteiger partial charge in [0.1, 0.15) is 0 Å². The minimum absolute atomic E-state index is 0.145. The predicted molar refractivity (Wildman–Crippen MR) is 142 cm³/mol. The summed E-state index contributed by atoms with van der Waals surface area (Å²) in [6.07, 6.45) is 0. The second kappa shape index (κ2) is 10.4. The van der Waals surface area contributed by atoms with Gasteiger partial charge < -0.3 is 5.32 Å². The number of carbonyl (C=O) groups excluding carboxylic acids is 1. The van der Waals surface area contributed by atoms with E-state index in [0.717, 1.165) is 31.3 Å². The van der Waals surface area contributed by atoms with Crippen LogP contribution in [0.2, 0.25) is 5.02 Å². The lowest BCUT2D eigenvalue weighted by molar-refractivity contribution is -0.113. The van der Waals surface area contributed by atoms with E-state index < -0.39 is 0 Å². The van der Waals surface area contributed by atoms with Crippen LogP contribution in [0.4, 0.5) is 5.69 Å². The minimum Gasteiger partial charge on any atom is -0.323 e. The molecule has 3 aromatic carbocycles. The van der Waals surface area contributed by atoms with Crippen LogP contribution in [0.1, 0.15) is 11.1 Å². The zero-order valence-corrected chi connectivity index (χ0v) is 22.5. The van der Waals surface area contributed by atoms with Gasteiger partial charge in [-0.15, -0.1) is 10.2 Å². The van der Waals surface area contributed by atoms with E-state index in [1.807, 2.05) is 79.1 Å². The average Bonchev–Trinajstić information content (AvgIpc) is 3.19. The van der Waals surface area contributed by atoms with Crippen LogP contribution in [-0.4, -0.2) is 26.4 Å². The summed E-state index contributed by atoms with van der Waals surface area (Å²) in [5.41, 5.74) is 4.69. The number of benzene rings is 3. The largest absolute Gasteiger partial charge is 0.323 e. The fourth-order valence-corrected chi connectivity index (χ4v) is 5.79. The van der Waals surface area contributed by atoms with E-state index >= 15 is 0 Å². The molecule has 33 heavy (non-hydrogen) atoms. The minimum atomic E-state index is -0.145. The van der Waals surface area contributed by atoms with Crippen molar-refractivity contribution in [3.8, 4) is 17.1 Å². The van der Waals surface area contributed by atoms with Gasteiger partial charge in [0.15, 0.2) is 11.0 Å². The van der Waals surface area contributed by atoms with Gasteiger partial charge in [0.05, 0.1) is 11.4 Å². The molecular formula is C24H19Br2ClN4OS. The molecule has 0 aliphatic heterocycles. The second-order valence-corrected chi connectivity index (χ2v) is 10.5. The van der Waals surface area contributed by atoms with Gasteiger partial charge in [-0.05, 0) is 87.7 Å². The van der Waals surface area contributed by atoms with Crippen LogP contribution in [0, 0.1) is 13.8 Å². The second-order valence-electron chi connectivity index (χ2n) is 7.43. The number of hydrogen-bond donors (Lipinski definition) is 1. The molecule has 168 valence electrons. The Morgan fingerprint density at radius 1 is 1.00 bits per heavy atom. The van der Waals surface area contributed by atoms with E-state index in [0.29, 0.717) is 21.7 Å². The average molecular weight is 607 g/mol. The lowest BCUT2D eigenvalue weighted by Gasteiger charge is -2.12. The van der Waals surface area contributed by atoms with Gasteiger partial charge in [-0.3, -0.25) is 9.36 Å². The Labute approximate surface area is 218 Å². The highest BCUT2D eigenvalue weighted by atomic mass is 79.9. The zero-order chi connectivity index (χ0) is 23.5. The molecule has 1 N–H and O–H groups in total. The van der Waals surface area contributed by atoms with Gasteiger partial charge in [-0.2, -0.15) is 0 Å². The quantitative estimate of drug-likeness (QED) is 0.232. The van der Waals surface area contributed by atoms with Crippen molar-refractivity contribution in [3.05, 3.63) is 85.8 Å². The molecule has 4 rings (SSSR count). The van der Waals surface area contributed by atoms with Crippen LogP contribution in [0.15, 0.2) is 74.8 Å². The number of thioether (sulfide) groups is 1. The van der Waals surface area contributed by atoms with Crippen molar-refractivity contribution in [1.29, 1.82) is 0 Å². The molecule has 0 unspecified atom stereocenters. The van der Waals surface area contributed by atoms with Crippen molar-refractivity contribution in [2.75, 3.05) is 11.1 Å². The van der Waals surface area contributed by atoms with Crippen molar-refractivity contribution >= 4 is 66.8 Å². The first-order valence-electron chi connectivity index (χ1n) is 9.98. The molecule has 0 saturated heterocycles. The molecule has 0 spiro atoms. The zero-order valence-electron chi connectivity index (χ0n) is 17.8. The number of nitrogens with zero attached hydrogens (tertiary/aromatic N) is 3. The maximum atomic E-state index is 12.7. The summed E-state index contributed by atoms with van der Waals surface area (Å²) in [5.74, 6) is 0.688. The molecule has 1 aromatic heterocycles. The maximum absolute atomic E-state index is 12.7. The highest BCUT2D eigenvalue weighted by Crippen LogP contribution is 2.33. The Balaban J connectivity index is 1.61. The standard InChI is InChI=1S/C24H19Br2ClN4OS/c1-14-6-8-18(9-7-14)31-23(16-4-3-5-17(27)12-16)29-30-24(31)33-13-21(32)28-22-19(25)10-15(2)11-20(22)26/h3-12H,13H2,1-2H3,(H,28,32). The van der Waals surface area contributed by atoms with E-state index in [-0.39, 0.29) is 11.7 Å². The van der Waals surface area contributed by atoms with Crippen molar-refractivity contribution < 1.29 is 4.79 Å². The van der Waals surface area contributed by atoms with Crippen LogP contribution < -0.4 is 5.32 Å². The van der Waals surface area contributed by atoms with Gasteiger partial charge in [0, 0.05) is 25.2 Å². The SMILES string of the molecule is Cc1ccc(-n2c(SCC(=O)Nc3c(Br)cc(C)cc3Br)nnc2-c2cccc(Cl)c2)cc1. The molecule has 0 radical (unpaired) electrons. The van der Waals surface area contributed by atoms with Crippen LogP contribution >= 0.6 is 55.2 Å². The van der Waals surface area contributed by atoms with Gasteiger partial charge >= 0.3 is 0 Å². The number of rotatable bonds is 6. The monoisotopic (exact) mass is 604 g/mol. The van der Waals surface area contributed by atoms with Crippen LogP contribution in [-0.2, 0) is 4.79 Å². The molecule has 0 aliphatic carbocycles. The summed E-state index contributed by atoms with van der Waals surface area (Å²) in [4.78, 5) is 12.7. The smallest absolute Gasteiger partial charge is 0.234 e. The Bertz CT molecular complexity index is 1300. The normalized spacial score (nSPS) is 10.9. The molecular weight excluding hydrogens is 588 g/mol. The number of anilines is 1. The number of aromatic nitrogens is 3. The van der Waals surface area contributed by atoms with E-state index in [2.05, 4.69) is 47.4 Å². The van der Waals surface area contributed by atoms with E-state index in [1.165, 1.54) is 11.8 Å². The number of hydrogen-bond acceptors (Lipinski definition) is 4. The molecule has 4 aromatic rings. The maximum Gasteiger partial charge on any atom is 0.234 e. The Morgan fingerprint density at radius 3 is 2.36 bits per heavy atom. The van der Waals surface area contributed by atoms with Gasteiger partial charge in [0.25, 0.3) is 0 Å². The number of amides is 1. The first kappa shape index (κ1) is 24.0. The third-order valence-corrected chi connectivity index (χ3v) is 7.21. The summed E-state index contributed by atoms with van der Waals surface area (Å²) in [6.45, 7) is 4.03. The molecule has 1 heterocycles. The van der Waals surface area contributed by atoms with Crippen molar-refractivity contribution in [1.82, 2.24) is 14.8 Å². The van der Waals surface area contributed by atoms with Crippen molar-refractivity contribution in [3.63, 3.8) is 0 Å². The first-order chi connectivity index (χ1) is 15.8. The highest BCUT2D eigenvalue weighted by Gasteiger charge is 2.18. The summed E-state index contributed by atoms with van der Waals surface area (Å²) in [7, 11) is 0. The van der Waals surface area contributed by atoms with E-state index in [9.17, 15) is 4.79 Å². The first-order valence-corrected chi connectivity index (χ1v) is 12.9. The van der Waals surface area contributed by atoms with Gasteiger partial charge in [0.2, 0.25) is 5.91 Å². The molecule has 0 saturated carbocycles. The molecule has 0 atom stereocenters. The highest BCUT2D eigenvalue weighted by molar-refractivity contribution is 9.11. The Morgan fingerprint density at radius 2 is 1.70 bits per heavy atom. The molecule has 1 amide bonds. The van der Waals surface area contributed by atoms with Crippen molar-refractivity contribution in [2.45, 2.75) is 19.0 Å². The van der Waals surface area contributed by atoms with Gasteiger partial charge in [-0.1, -0.05) is 53.2 Å². The van der Waals surface area contributed by atoms with E-state index in [4.69, 9.17) is 11.6 Å². The van der Waals surface area contributed by atoms with Crippen LogP contribution in [0.25, 0.3) is 17.1 Å².